The van der Waals surface area contributed by atoms with Crippen LogP contribution in [0.25, 0.3) is 0 Å². The molecule has 0 amide bonds. The maximum absolute atomic E-state index is 13.1. The second-order valence-electron chi connectivity index (χ2n) is 8.61. The topological polar surface area (TPSA) is 35.5 Å². The monoisotopic (exact) mass is 415 g/mol. The second-order valence-corrected chi connectivity index (χ2v) is 10.7. The molecule has 0 fully saturated rings. The fraction of sp³-hybridized carbons (Fsp3) is 0.480. The molecular weight excluding hydrogens is 380 g/mol. The van der Waals surface area contributed by atoms with Gasteiger partial charge in [0.15, 0.2) is 16.6 Å². The van der Waals surface area contributed by atoms with Crippen molar-refractivity contribution in [3.63, 3.8) is 0 Å². The Morgan fingerprint density at radius 2 is 1.41 bits per heavy atom. The first-order valence-corrected chi connectivity index (χ1v) is 11.5. The van der Waals surface area contributed by atoms with E-state index in [1.807, 2.05) is 20.8 Å². The number of ether oxygens (including phenoxy) is 2. The molecule has 0 aliphatic carbocycles. The predicted molar refractivity (Wildman–Crippen MR) is 122 cm³/mol. The van der Waals surface area contributed by atoms with E-state index >= 15 is 0 Å². The highest BCUT2D eigenvalue weighted by Gasteiger charge is 2.42. The fourth-order valence-corrected chi connectivity index (χ4v) is 5.99. The second kappa shape index (κ2) is 9.82. The van der Waals surface area contributed by atoms with Crippen LogP contribution in [-0.4, -0.2) is 23.6 Å². The number of hydrogen-bond donors (Lipinski definition) is 0. The number of carbonyl (C=O) groups excluding carboxylic acids is 1. The highest BCUT2D eigenvalue weighted by atomic mass is 32.2. The number of hydrogen-bond acceptors (Lipinski definition) is 3. The molecule has 1 unspecified atom stereocenters. The summed E-state index contributed by atoms with van der Waals surface area (Å²) in [5.41, 5.74) is 4.54. The van der Waals surface area contributed by atoms with Gasteiger partial charge < -0.3 is 9.47 Å². The van der Waals surface area contributed by atoms with Crippen LogP contribution in [0.2, 0.25) is 0 Å². The Hall–Kier alpha value is -1.78. The molecule has 0 aliphatic heterocycles. The summed E-state index contributed by atoms with van der Waals surface area (Å²) in [4.78, 5) is 15.5. The predicted octanol–water partition coefficient (Wildman–Crippen LogP) is 6.05. The zero-order valence-corrected chi connectivity index (χ0v) is 19.9. The first-order chi connectivity index (χ1) is 13.5. The van der Waals surface area contributed by atoms with Crippen molar-refractivity contribution in [2.45, 2.75) is 82.5 Å². The fourth-order valence-electron chi connectivity index (χ4n) is 3.30. The number of rotatable bonds is 7. The summed E-state index contributed by atoms with van der Waals surface area (Å²) < 4.78 is 11.2. The lowest BCUT2D eigenvalue weighted by atomic mass is 10.2. The number of aryl methyl sites for hydroxylation is 4. The van der Waals surface area contributed by atoms with Crippen LogP contribution in [0.1, 0.15) is 56.4 Å². The van der Waals surface area contributed by atoms with Crippen molar-refractivity contribution >= 4 is 16.9 Å². The number of esters is 1. The van der Waals surface area contributed by atoms with Crippen molar-refractivity contribution < 1.29 is 14.3 Å². The largest absolute Gasteiger partial charge is 0.435 e. The van der Waals surface area contributed by atoms with Gasteiger partial charge in [0.1, 0.15) is 0 Å². The van der Waals surface area contributed by atoms with Gasteiger partial charge in [-0.1, -0.05) is 42.3 Å². The minimum Gasteiger partial charge on any atom is -0.435 e. The van der Waals surface area contributed by atoms with Crippen LogP contribution in [-0.2, 0) is 25.2 Å². The van der Waals surface area contributed by atoms with E-state index in [1.54, 1.807) is 0 Å². The average molecular weight is 416 g/mol. The molecule has 1 atom stereocenters. The van der Waals surface area contributed by atoms with Gasteiger partial charge in [0.05, 0.1) is 16.5 Å². The Labute approximate surface area is 179 Å². The highest BCUT2D eigenvalue weighted by Crippen LogP contribution is 2.34. The van der Waals surface area contributed by atoms with E-state index in [9.17, 15) is 4.79 Å². The van der Waals surface area contributed by atoms with Crippen LogP contribution < -0.4 is 0 Å². The van der Waals surface area contributed by atoms with Gasteiger partial charge in [-0.3, -0.25) is 0 Å². The first kappa shape index (κ1) is 23.5. The summed E-state index contributed by atoms with van der Waals surface area (Å²) in [6.07, 6.45) is 0.706. The minimum absolute atomic E-state index is 0.0181. The molecule has 0 spiro atoms. The van der Waals surface area contributed by atoms with Crippen LogP contribution >= 0.6 is 0 Å². The van der Waals surface area contributed by atoms with E-state index in [2.05, 4.69) is 71.0 Å². The third kappa shape index (κ3) is 6.35. The summed E-state index contributed by atoms with van der Waals surface area (Å²) in [7, 11) is -0.414. The lowest BCUT2D eigenvalue weighted by Gasteiger charge is -2.22. The van der Waals surface area contributed by atoms with Gasteiger partial charge in [0.25, 0.3) is 0 Å². The van der Waals surface area contributed by atoms with Gasteiger partial charge in [-0.2, -0.15) is 0 Å². The molecule has 158 valence electrons. The Kier molecular flexibility index (Phi) is 7.95. The lowest BCUT2D eigenvalue weighted by molar-refractivity contribution is -0.166. The minimum atomic E-state index is -0.414. The molecule has 2 rings (SSSR count). The van der Waals surface area contributed by atoms with Crippen molar-refractivity contribution in [3.8, 4) is 0 Å². The summed E-state index contributed by atoms with van der Waals surface area (Å²) in [6, 6.07) is 13.0. The highest BCUT2D eigenvalue weighted by molar-refractivity contribution is 7.98. The molecule has 4 heteroatoms. The quantitative estimate of drug-likeness (QED) is 0.314. The van der Waals surface area contributed by atoms with Crippen LogP contribution in [0.3, 0.4) is 0 Å². The zero-order chi connectivity index (χ0) is 21.8. The Bertz CT molecular complexity index is 800. The number of benzene rings is 2. The van der Waals surface area contributed by atoms with E-state index in [-0.39, 0.29) is 23.6 Å². The Balaban J connectivity index is 2.45. The zero-order valence-electron chi connectivity index (χ0n) is 19.1. The SMILES string of the molecule is CCC(C(=O)OCOC(C)(C)C)[S+](c1ccc(C)cc1C)c1ccc(C)cc1C. The summed E-state index contributed by atoms with van der Waals surface area (Å²) in [5.74, 6) is -0.194. The van der Waals surface area contributed by atoms with Crippen LogP contribution in [0.15, 0.2) is 46.2 Å². The normalized spacial score (nSPS) is 12.9. The van der Waals surface area contributed by atoms with Crippen molar-refractivity contribution in [3.05, 3.63) is 58.7 Å². The van der Waals surface area contributed by atoms with E-state index < -0.39 is 10.9 Å². The van der Waals surface area contributed by atoms with Crippen molar-refractivity contribution in [2.24, 2.45) is 0 Å². The maximum atomic E-state index is 13.1. The summed E-state index contributed by atoms with van der Waals surface area (Å²) in [5, 5.41) is -0.249. The Morgan fingerprint density at radius 3 is 1.79 bits per heavy atom. The molecule has 2 aromatic carbocycles. The van der Waals surface area contributed by atoms with E-state index in [0.717, 1.165) is 0 Å². The molecule has 0 N–H and O–H groups in total. The van der Waals surface area contributed by atoms with Gasteiger partial charge in [0, 0.05) is 17.5 Å². The van der Waals surface area contributed by atoms with E-state index in [0.29, 0.717) is 6.42 Å². The van der Waals surface area contributed by atoms with Gasteiger partial charge in [-0.05, 0) is 60.6 Å². The molecule has 0 bridgehead atoms. The van der Waals surface area contributed by atoms with E-state index in [4.69, 9.17) is 9.47 Å². The molecule has 29 heavy (non-hydrogen) atoms. The molecule has 3 nitrogen and oxygen atoms in total. The lowest BCUT2D eigenvalue weighted by Crippen LogP contribution is -2.34. The molecule has 0 saturated carbocycles. The Morgan fingerprint density at radius 1 is 0.931 bits per heavy atom. The van der Waals surface area contributed by atoms with Crippen molar-refractivity contribution in [1.82, 2.24) is 0 Å². The van der Waals surface area contributed by atoms with Crippen molar-refractivity contribution in [2.75, 3.05) is 6.79 Å². The summed E-state index contributed by atoms with van der Waals surface area (Å²) >= 11 is 0. The van der Waals surface area contributed by atoms with Crippen LogP contribution in [0, 0.1) is 27.7 Å². The smallest absolute Gasteiger partial charge is 0.362 e. The molecule has 2 aromatic rings. The average Bonchev–Trinajstić information content (AvgIpc) is 2.59. The van der Waals surface area contributed by atoms with Crippen LogP contribution in [0.5, 0.6) is 0 Å². The molecular formula is C25H35O3S+. The first-order valence-electron chi connectivity index (χ1n) is 10.2. The molecule has 0 saturated heterocycles. The third-order valence-corrected chi connectivity index (χ3v) is 7.70. The molecule has 0 aliphatic rings. The number of carbonyl (C=O) groups is 1. The molecule has 0 radical (unpaired) electrons. The van der Waals surface area contributed by atoms with Crippen molar-refractivity contribution in [1.29, 1.82) is 0 Å². The standard InChI is InChI=1S/C25H35O3S/c1-9-21(24(26)27-16-28-25(6,7)8)29(22-12-10-17(2)14-19(22)4)23-13-11-18(3)15-20(23)5/h10-15,21H,9,16H2,1-8H3/q+1. The van der Waals surface area contributed by atoms with E-state index in [1.165, 1.54) is 32.0 Å². The molecule has 0 aromatic heterocycles. The van der Waals surface area contributed by atoms with Gasteiger partial charge in [0.2, 0.25) is 5.25 Å². The van der Waals surface area contributed by atoms with Gasteiger partial charge in [-0.15, -0.1) is 0 Å². The van der Waals surface area contributed by atoms with Gasteiger partial charge in [-0.25, -0.2) is 4.79 Å². The summed E-state index contributed by atoms with van der Waals surface area (Å²) in [6.45, 7) is 16.4. The molecule has 0 heterocycles. The third-order valence-electron chi connectivity index (χ3n) is 4.75. The maximum Gasteiger partial charge on any atom is 0.362 e. The van der Waals surface area contributed by atoms with Gasteiger partial charge >= 0.3 is 5.97 Å². The van der Waals surface area contributed by atoms with Crippen LogP contribution in [0.4, 0.5) is 0 Å².